The van der Waals surface area contributed by atoms with Crippen molar-refractivity contribution in [1.82, 2.24) is 10.2 Å². The van der Waals surface area contributed by atoms with Crippen molar-refractivity contribution < 1.29 is 0 Å². The Hall–Kier alpha value is 0.270. The number of thioether (sulfide) groups is 1. The van der Waals surface area contributed by atoms with Gasteiger partial charge < -0.3 is 10.2 Å². The fourth-order valence-corrected chi connectivity index (χ4v) is 3.14. The van der Waals surface area contributed by atoms with Crippen LogP contribution in [-0.2, 0) is 0 Å². The number of piperidine rings is 1. The first-order valence-corrected chi connectivity index (χ1v) is 8.62. The lowest BCUT2D eigenvalue weighted by molar-refractivity contribution is 0.163. The average molecular weight is 258 g/mol. The zero-order valence-corrected chi connectivity index (χ0v) is 12.7. The normalized spacial score (nSPS) is 20.6. The molecule has 1 N–H and O–H groups in total. The molecule has 1 atom stereocenters. The molecular formula is C14H30N2S. The number of nitrogens with zero attached hydrogens (tertiary/aromatic N) is 1. The number of hydrogen-bond acceptors (Lipinski definition) is 3. The fraction of sp³-hybridized carbons (Fsp3) is 1.00. The Morgan fingerprint density at radius 2 is 2.06 bits per heavy atom. The Bertz CT molecular complexity index is 179. The van der Waals surface area contributed by atoms with Crippen molar-refractivity contribution >= 4 is 11.8 Å². The maximum Gasteiger partial charge on any atom is 0.00679 e. The maximum absolute atomic E-state index is 3.70. The molecule has 3 heteroatoms. The summed E-state index contributed by atoms with van der Waals surface area (Å²) in [6.07, 6.45) is 7.56. The van der Waals surface area contributed by atoms with Crippen LogP contribution in [0.3, 0.4) is 0 Å². The molecule has 1 rings (SSSR count). The Kier molecular flexibility index (Phi) is 8.33. The second kappa shape index (κ2) is 9.23. The van der Waals surface area contributed by atoms with Gasteiger partial charge in [-0.3, -0.25) is 0 Å². The smallest absolute Gasteiger partial charge is 0.00679 e. The first-order valence-electron chi connectivity index (χ1n) is 7.22. The van der Waals surface area contributed by atoms with Crippen molar-refractivity contribution in [3.63, 3.8) is 0 Å². The lowest BCUT2D eigenvalue weighted by atomic mass is 9.90. The monoisotopic (exact) mass is 258 g/mol. The number of likely N-dealkylation sites (tertiary alicyclic amines) is 1. The van der Waals surface area contributed by atoms with Gasteiger partial charge in [-0.05, 0) is 76.7 Å². The molecule has 0 aromatic heterocycles. The van der Waals surface area contributed by atoms with Crippen LogP contribution in [0.25, 0.3) is 0 Å². The highest BCUT2D eigenvalue weighted by atomic mass is 32.2. The van der Waals surface area contributed by atoms with Crippen LogP contribution in [-0.4, -0.2) is 49.1 Å². The molecule has 1 saturated heterocycles. The fourth-order valence-electron chi connectivity index (χ4n) is 2.71. The van der Waals surface area contributed by atoms with Crippen LogP contribution in [0.15, 0.2) is 0 Å². The van der Waals surface area contributed by atoms with Crippen molar-refractivity contribution in [2.45, 2.75) is 45.6 Å². The Balaban J connectivity index is 2.10. The first-order chi connectivity index (χ1) is 8.27. The van der Waals surface area contributed by atoms with Crippen LogP contribution in [0.4, 0.5) is 0 Å². The second-order valence-corrected chi connectivity index (χ2v) is 6.25. The van der Waals surface area contributed by atoms with Gasteiger partial charge in [0.15, 0.2) is 0 Å². The third-order valence-electron chi connectivity index (χ3n) is 3.87. The topological polar surface area (TPSA) is 15.3 Å². The average Bonchev–Trinajstić information content (AvgIpc) is 2.36. The summed E-state index contributed by atoms with van der Waals surface area (Å²) in [6, 6.07) is 0.709. The SMILES string of the molecule is CCCN1CCC(C(C)NCCCSC)CC1. The molecule has 1 heterocycles. The zero-order valence-electron chi connectivity index (χ0n) is 11.9. The highest BCUT2D eigenvalue weighted by Gasteiger charge is 2.22. The summed E-state index contributed by atoms with van der Waals surface area (Å²) < 4.78 is 0. The molecule has 1 fully saturated rings. The summed E-state index contributed by atoms with van der Waals surface area (Å²) in [5.74, 6) is 2.19. The van der Waals surface area contributed by atoms with E-state index in [-0.39, 0.29) is 0 Å². The van der Waals surface area contributed by atoms with E-state index < -0.39 is 0 Å². The molecule has 2 nitrogen and oxygen atoms in total. The van der Waals surface area contributed by atoms with Gasteiger partial charge in [0.1, 0.15) is 0 Å². The summed E-state index contributed by atoms with van der Waals surface area (Å²) in [7, 11) is 0. The van der Waals surface area contributed by atoms with Crippen LogP contribution < -0.4 is 5.32 Å². The molecular weight excluding hydrogens is 228 g/mol. The van der Waals surface area contributed by atoms with Crippen LogP contribution in [0.5, 0.6) is 0 Å². The van der Waals surface area contributed by atoms with Gasteiger partial charge in [0.25, 0.3) is 0 Å². The van der Waals surface area contributed by atoms with Crippen molar-refractivity contribution in [2.24, 2.45) is 5.92 Å². The van der Waals surface area contributed by atoms with E-state index in [0.717, 1.165) is 5.92 Å². The molecule has 102 valence electrons. The number of hydrogen-bond donors (Lipinski definition) is 1. The van der Waals surface area contributed by atoms with E-state index in [4.69, 9.17) is 0 Å². The standard InChI is InChI=1S/C14H30N2S/c1-4-9-16-10-6-14(7-11-16)13(2)15-8-5-12-17-3/h13-15H,4-12H2,1-3H3. The minimum Gasteiger partial charge on any atom is -0.314 e. The predicted octanol–water partition coefficient (Wildman–Crippen LogP) is 2.84. The Morgan fingerprint density at radius 1 is 1.35 bits per heavy atom. The summed E-state index contributed by atoms with van der Waals surface area (Å²) in [6.45, 7) is 9.77. The van der Waals surface area contributed by atoms with E-state index in [9.17, 15) is 0 Å². The Morgan fingerprint density at radius 3 is 2.65 bits per heavy atom. The molecule has 1 aliphatic heterocycles. The minimum absolute atomic E-state index is 0.709. The predicted molar refractivity (Wildman–Crippen MR) is 79.9 cm³/mol. The van der Waals surface area contributed by atoms with E-state index in [0.29, 0.717) is 6.04 Å². The van der Waals surface area contributed by atoms with E-state index in [1.807, 2.05) is 11.8 Å². The van der Waals surface area contributed by atoms with Crippen LogP contribution in [0.2, 0.25) is 0 Å². The summed E-state index contributed by atoms with van der Waals surface area (Å²) in [4.78, 5) is 2.62. The number of rotatable bonds is 8. The number of nitrogens with one attached hydrogen (secondary N) is 1. The quantitative estimate of drug-likeness (QED) is 0.674. The molecule has 0 spiro atoms. The van der Waals surface area contributed by atoms with E-state index in [1.54, 1.807) is 0 Å². The highest BCUT2D eigenvalue weighted by molar-refractivity contribution is 7.98. The van der Waals surface area contributed by atoms with Crippen LogP contribution in [0.1, 0.15) is 39.5 Å². The summed E-state index contributed by atoms with van der Waals surface area (Å²) in [5, 5.41) is 3.70. The molecule has 0 saturated carbocycles. The highest BCUT2D eigenvalue weighted by Crippen LogP contribution is 2.20. The molecule has 0 bridgehead atoms. The lowest BCUT2D eigenvalue weighted by Gasteiger charge is -2.35. The van der Waals surface area contributed by atoms with Gasteiger partial charge in [0.05, 0.1) is 0 Å². The van der Waals surface area contributed by atoms with Gasteiger partial charge in [-0.15, -0.1) is 0 Å². The largest absolute Gasteiger partial charge is 0.314 e. The summed E-state index contributed by atoms with van der Waals surface area (Å²) >= 11 is 1.95. The molecule has 0 aromatic carbocycles. The van der Waals surface area contributed by atoms with Gasteiger partial charge in [0.2, 0.25) is 0 Å². The van der Waals surface area contributed by atoms with Gasteiger partial charge in [0, 0.05) is 6.04 Å². The lowest BCUT2D eigenvalue weighted by Crippen LogP contribution is -2.42. The molecule has 0 aromatic rings. The molecule has 0 amide bonds. The van der Waals surface area contributed by atoms with Gasteiger partial charge in [-0.2, -0.15) is 11.8 Å². The van der Waals surface area contributed by atoms with Gasteiger partial charge >= 0.3 is 0 Å². The van der Waals surface area contributed by atoms with Gasteiger partial charge in [-0.1, -0.05) is 6.92 Å². The van der Waals surface area contributed by atoms with Crippen LogP contribution >= 0.6 is 11.8 Å². The first kappa shape index (κ1) is 15.3. The van der Waals surface area contributed by atoms with Crippen molar-refractivity contribution in [1.29, 1.82) is 0 Å². The van der Waals surface area contributed by atoms with Crippen molar-refractivity contribution in [2.75, 3.05) is 38.2 Å². The third-order valence-corrected chi connectivity index (χ3v) is 4.57. The van der Waals surface area contributed by atoms with Crippen molar-refractivity contribution in [3.8, 4) is 0 Å². The zero-order chi connectivity index (χ0) is 12.5. The molecule has 1 unspecified atom stereocenters. The third kappa shape index (κ3) is 6.12. The van der Waals surface area contributed by atoms with E-state index >= 15 is 0 Å². The van der Waals surface area contributed by atoms with Crippen molar-refractivity contribution in [3.05, 3.63) is 0 Å². The summed E-state index contributed by atoms with van der Waals surface area (Å²) in [5.41, 5.74) is 0. The van der Waals surface area contributed by atoms with Crippen LogP contribution in [0, 0.1) is 5.92 Å². The van der Waals surface area contributed by atoms with Gasteiger partial charge in [-0.25, -0.2) is 0 Å². The molecule has 17 heavy (non-hydrogen) atoms. The van der Waals surface area contributed by atoms with E-state index in [2.05, 4.69) is 30.3 Å². The van der Waals surface area contributed by atoms with E-state index in [1.165, 1.54) is 57.6 Å². The second-order valence-electron chi connectivity index (χ2n) is 5.27. The molecule has 0 radical (unpaired) electrons. The molecule has 0 aliphatic carbocycles. The maximum atomic E-state index is 3.70. The minimum atomic E-state index is 0.709. The Labute approximate surface area is 112 Å². The molecule has 1 aliphatic rings.